The maximum Gasteiger partial charge on any atom is 0.222 e. The molecule has 2 heterocycles. The van der Waals surface area contributed by atoms with Gasteiger partial charge in [-0.25, -0.2) is 0 Å². The first kappa shape index (κ1) is 47.9. The van der Waals surface area contributed by atoms with Crippen LogP contribution in [0.4, 0.5) is 0 Å². The summed E-state index contributed by atoms with van der Waals surface area (Å²) in [6.07, 6.45) is 36.8. The molecule has 2 rings (SSSR count). The van der Waals surface area contributed by atoms with Crippen LogP contribution in [0.5, 0.6) is 0 Å². The van der Waals surface area contributed by atoms with Crippen molar-refractivity contribution in [3.05, 3.63) is 0 Å². The second kappa shape index (κ2) is 35.2. The van der Waals surface area contributed by atoms with Crippen LogP contribution in [0.2, 0.25) is 0 Å². The zero-order valence-electron chi connectivity index (χ0n) is 35.1. The summed E-state index contributed by atoms with van der Waals surface area (Å²) in [4.78, 5) is 28.6. The molecular formula is C45H86N2O6. The maximum atomic E-state index is 12.3. The summed E-state index contributed by atoms with van der Waals surface area (Å²) in [5, 5.41) is 0. The van der Waals surface area contributed by atoms with Gasteiger partial charge >= 0.3 is 0 Å². The summed E-state index contributed by atoms with van der Waals surface area (Å²) in [6, 6.07) is 0. The summed E-state index contributed by atoms with van der Waals surface area (Å²) in [5.41, 5.74) is 0. The van der Waals surface area contributed by atoms with Crippen LogP contribution < -0.4 is 0 Å². The topological polar surface area (TPSA) is 77.5 Å². The van der Waals surface area contributed by atoms with Crippen molar-refractivity contribution in [1.29, 1.82) is 0 Å². The Morgan fingerprint density at radius 3 is 1.04 bits per heavy atom. The standard InChI is InChI=1S/C45H86N2O6/c1-3-5-7-21-27-42(29-23-17-13-9-11-15-19-25-31-44(48)46-33-37-50-38-34-46)52-41-53-43(28-22-8-6-4-2)30-24-18-14-10-12-16-20-26-32-45(49)47-35-39-51-40-36-47/h42-43H,3-41H2,1-2H3. The van der Waals surface area contributed by atoms with Gasteiger partial charge in [0.2, 0.25) is 11.8 Å². The van der Waals surface area contributed by atoms with E-state index in [2.05, 4.69) is 13.8 Å². The van der Waals surface area contributed by atoms with Gasteiger partial charge in [-0.15, -0.1) is 0 Å². The van der Waals surface area contributed by atoms with Crippen LogP contribution in [0.25, 0.3) is 0 Å². The average Bonchev–Trinajstić information content (AvgIpc) is 3.19. The summed E-state index contributed by atoms with van der Waals surface area (Å²) in [5.74, 6) is 0.626. The van der Waals surface area contributed by atoms with Gasteiger partial charge in [-0.3, -0.25) is 9.59 Å². The normalized spacial score (nSPS) is 16.3. The molecule has 0 aromatic carbocycles. The number of hydrogen-bond donors (Lipinski definition) is 0. The molecule has 53 heavy (non-hydrogen) atoms. The van der Waals surface area contributed by atoms with Gasteiger partial charge in [-0.1, -0.05) is 155 Å². The average molecular weight is 751 g/mol. The van der Waals surface area contributed by atoms with E-state index in [1.807, 2.05) is 9.80 Å². The minimum Gasteiger partial charge on any atom is -0.378 e. The van der Waals surface area contributed by atoms with Crippen molar-refractivity contribution in [1.82, 2.24) is 9.80 Å². The number of carbonyl (C=O) groups excluding carboxylic acids is 2. The molecule has 2 amide bonds. The minimum absolute atomic E-state index is 0.313. The van der Waals surface area contributed by atoms with Crippen molar-refractivity contribution in [2.45, 2.75) is 219 Å². The molecule has 0 radical (unpaired) electrons. The van der Waals surface area contributed by atoms with E-state index in [-0.39, 0.29) is 0 Å². The molecule has 2 aliphatic rings. The van der Waals surface area contributed by atoms with E-state index in [0.717, 1.165) is 64.7 Å². The predicted octanol–water partition coefficient (Wildman–Crippen LogP) is 11.2. The molecule has 0 saturated carbocycles. The number of rotatable bonds is 36. The van der Waals surface area contributed by atoms with Gasteiger partial charge in [-0.05, 0) is 38.5 Å². The van der Waals surface area contributed by atoms with Crippen molar-refractivity contribution < 1.29 is 28.5 Å². The smallest absolute Gasteiger partial charge is 0.222 e. The first-order valence-corrected chi connectivity index (χ1v) is 23.1. The SMILES string of the molecule is CCCCCCC(CCCCCCCCCCC(=O)N1CCOCC1)OCOC(CCCCCC)CCCCCCCCCCC(=O)N1CCOCC1. The molecule has 0 bridgehead atoms. The van der Waals surface area contributed by atoms with Crippen LogP contribution in [-0.4, -0.2) is 93.2 Å². The van der Waals surface area contributed by atoms with Crippen LogP contribution in [-0.2, 0) is 28.5 Å². The van der Waals surface area contributed by atoms with E-state index in [4.69, 9.17) is 18.9 Å². The number of hydrogen-bond acceptors (Lipinski definition) is 6. The highest BCUT2D eigenvalue weighted by Crippen LogP contribution is 2.20. The Bertz CT molecular complexity index is 766. The zero-order chi connectivity index (χ0) is 37.9. The molecule has 2 atom stereocenters. The summed E-state index contributed by atoms with van der Waals surface area (Å²) in [6.45, 7) is 10.9. The highest BCUT2D eigenvalue weighted by Gasteiger charge is 2.17. The van der Waals surface area contributed by atoms with Gasteiger partial charge in [-0.2, -0.15) is 0 Å². The third-order valence-electron chi connectivity index (χ3n) is 11.4. The Morgan fingerprint density at radius 1 is 0.434 bits per heavy atom. The molecule has 2 aliphatic heterocycles. The van der Waals surface area contributed by atoms with Gasteiger partial charge in [0.15, 0.2) is 0 Å². The van der Waals surface area contributed by atoms with Gasteiger partial charge in [0, 0.05) is 39.0 Å². The second-order valence-electron chi connectivity index (χ2n) is 16.1. The van der Waals surface area contributed by atoms with Crippen molar-refractivity contribution in [3.63, 3.8) is 0 Å². The zero-order valence-corrected chi connectivity index (χ0v) is 35.1. The number of carbonyl (C=O) groups is 2. The molecule has 2 fully saturated rings. The third kappa shape index (κ3) is 27.1. The molecular weight excluding hydrogens is 665 g/mol. The monoisotopic (exact) mass is 751 g/mol. The Morgan fingerprint density at radius 2 is 0.717 bits per heavy atom. The number of ether oxygens (including phenoxy) is 4. The lowest BCUT2D eigenvalue weighted by Gasteiger charge is -2.26. The van der Waals surface area contributed by atoms with E-state index < -0.39 is 0 Å². The lowest BCUT2D eigenvalue weighted by Crippen LogP contribution is -2.40. The number of nitrogens with zero attached hydrogens (tertiary/aromatic N) is 2. The Balaban J connectivity index is 1.55. The highest BCUT2D eigenvalue weighted by atomic mass is 16.7. The fourth-order valence-electron chi connectivity index (χ4n) is 7.81. The van der Waals surface area contributed by atoms with Crippen LogP contribution in [0.1, 0.15) is 206 Å². The number of morpholine rings is 2. The third-order valence-corrected chi connectivity index (χ3v) is 11.4. The van der Waals surface area contributed by atoms with E-state index in [0.29, 0.717) is 70.1 Å². The van der Waals surface area contributed by atoms with Crippen LogP contribution >= 0.6 is 0 Å². The van der Waals surface area contributed by atoms with E-state index >= 15 is 0 Å². The number of amides is 2. The Labute approximate surface area is 327 Å². The number of unbranched alkanes of at least 4 members (excludes halogenated alkanes) is 20. The Kier molecular flexibility index (Phi) is 31.8. The summed E-state index contributed by atoms with van der Waals surface area (Å²) >= 11 is 0. The maximum absolute atomic E-state index is 12.3. The van der Waals surface area contributed by atoms with Crippen molar-refractivity contribution >= 4 is 11.8 Å². The molecule has 2 saturated heterocycles. The van der Waals surface area contributed by atoms with E-state index in [1.165, 1.54) is 141 Å². The van der Waals surface area contributed by atoms with Gasteiger partial charge in [0.1, 0.15) is 6.79 Å². The molecule has 0 aliphatic carbocycles. The molecule has 0 aromatic rings. The molecule has 0 spiro atoms. The highest BCUT2D eigenvalue weighted by molar-refractivity contribution is 5.76. The molecule has 0 aromatic heterocycles. The molecule has 8 nitrogen and oxygen atoms in total. The molecule has 312 valence electrons. The first-order chi connectivity index (χ1) is 26.1. The molecule has 8 heteroatoms. The minimum atomic E-state index is 0.313. The van der Waals surface area contributed by atoms with Crippen LogP contribution in [0.15, 0.2) is 0 Å². The second-order valence-corrected chi connectivity index (χ2v) is 16.1. The fraction of sp³-hybridized carbons (Fsp3) is 0.956. The van der Waals surface area contributed by atoms with E-state index in [9.17, 15) is 9.59 Å². The predicted molar refractivity (Wildman–Crippen MR) is 219 cm³/mol. The van der Waals surface area contributed by atoms with Gasteiger partial charge < -0.3 is 28.7 Å². The molecule has 2 unspecified atom stereocenters. The molecule has 0 N–H and O–H groups in total. The first-order valence-electron chi connectivity index (χ1n) is 23.1. The van der Waals surface area contributed by atoms with Crippen molar-refractivity contribution in [2.24, 2.45) is 0 Å². The van der Waals surface area contributed by atoms with Gasteiger partial charge in [0.05, 0.1) is 38.6 Å². The lowest BCUT2D eigenvalue weighted by molar-refractivity contribution is -0.136. The van der Waals surface area contributed by atoms with E-state index in [1.54, 1.807) is 0 Å². The summed E-state index contributed by atoms with van der Waals surface area (Å²) < 4.78 is 23.7. The van der Waals surface area contributed by atoms with Crippen molar-refractivity contribution in [2.75, 3.05) is 59.4 Å². The Hall–Kier alpha value is -1.22. The van der Waals surface area contributed by atoms with Gasteiger partial charge in [0.25, 0.3) is 0 Å². The van der Waals surface area contributed by atoms with Crippen LogP contribution in [0.3, 0.4) is 0 Å². The van der Waals surface area contributed by atoms with Crippen LogP contribution in [0, 0.1) is 0 Å². The summed E-state index contributed by atoms with van der Waals surface area (Å²) in [7, 11) is 0. The fourth-order valence-corrected chi connectivity index (χ4v) is 7.81. The van der Waals surface area contributed by atoms with Crippen molar-refractivity contribution in [3.8, 4) is 0 Å². The quantitative estimate of drug-likeness (QED) is 0.0469. The lowest BCUT2D eigenvalue weighted by atomic mass is 10.0. The largest absolute Gasteiger partial charge is 0.378 e.